The molecule has 0 radical (unpaired) electrons. The lowest BCUT2D eigenvalue weighted by molar-refractivity contribution is 0.100. The van der Waals surface area contributed by atoms with E-state index in [2.05, 4.69) is 11.9 Å². The van der Waals surface area contributed by atoms with Crippen molar-refractivity contribution in [3.63, 3.8) is 0 Å². The standard InChI is InChI=1S/C9H14N2O/c1-3-4-5-11-7-10-6-9(11)8(2)12/h6-7H,3-5H2,1-2H3. The molecular weight excluding hydrogens is 152 g/mol. The summed E-state index contributed by atoms with van der Waals surface area (Å²) in [5.41, 5.74) is 0.712. The summed E-state index contributed by atoms with van der Waals surface area (Å²) >= 11 is 0. The monoisotopic (exact) mass is 166 g/mol. The van der Waals surface area contributed by atoms with Crippen molar-refractivity contribution in [2.75, 3.05) is 0 Å². The van der Waals surface area contributed by atoms with Crippen LogP contribution < -0.4 is 0 Å². The van der Waals surface area contributed by atoms with Gasteiger partial charge in [-0.25, -0.2) is 4.98 Å². The first-order valence-corrected chi connectivity index (χ1v) is 4.26. The van der Waals surface area contributed by atoms with E-state index in [4.69, 9.17) is 0 Å². The zero-order valence-corrected chi connectivity index (χ0v) is 7.58. The average molecular weight is 166 g/mol. The number of aromatic nitrogens is 2. The number of carbonyl (C=O) groups is 1. The molecule has 0 saturated carbocycles. The molecule has 1 heterocycles. The molecule has 3 nitrogen and oxygen atoms in total. The van der Waals surface area contributed by atoms with E-state index in [0.29, 0.717) is 5.69 Å². The zero-order chi connectivity index (χ0) is 8.97. The topological polar surface area (TPSA) is 34.9 Å². The second-order valence-corrected chi connectivity index (χ2v) is 2.88. The number of imidazole rings is 1. The molecule has 12 heavy (non-hydrogen) atoms. The summed E-state index contributed by atoms with van der Waals surface area (Å²) in [5.74, 6) is 0.0867. The first-order valence-electron chi connectivity index (χ1n) is 4.26. The summed E-state index contributed by atoms with van der Waals surface area (Å²) in [5, 5.41) is 0. The minimum atomic E-state index is 0.0867. The predicted molar refractivity (Wildman–Crippen MR) is 47.1 cm³/mol. The van der Waals surface area contributed by atoms with E-state index in [1.807, 2.05) is 4.57 Å². The third kappa shape index (κ3) is 1.94. The summed E-state index contributed by atoms with van der Waals surface area (Å²) in [4.78, 5) is 15.0. The van der Waals surface area contributed by atoms with Crippen LogP contribution in [0.5, 0.6) is 0 Å². The Bertz CT molecular complexity index is 265. The van der Waals surface area contributed by atoms with E-state index >= 15 is 0 Å². The highest BCUT2D eigenvalue weighted by atomic mass is 16.1. The van der Waals surface area contributed by atoms with Crippen LogP contribution in [0.3, 0.4) is 0 Å². The SMILES string of the molecule is CCCCn1cncc1C(C)=O. The van der Waals surface area contributed by atoms with E-state index in [9.17, 15) is 4.79 Å². The van der Waals surface area contributed by atoms with Gasteiger partial charge in [-0.3, -0.25) is 4.79 Å². The number of unbranched alkanes of at least 4 members (excludes halogenated alkanes) is 1. The minimum absolute atomic E-state index is 0.0867. The van der Waals surface area contributed by atoms with Gasteiger partial charge in [0.25, 0.3) is 0 Å². The van der Waals surface area contributed by atoms with Crippen molar-refractivity contribution < 1.29 is 4.79 Å². The Labute approximate surface area is 72.4 Å². The molecular formula is C9H14N2O. The molecule has 0 unspecified atom stereocenters. The Hall–Kier alpha value is -1.12. The highest BCUT2D eigenvalue weighted by Crippen LogP contribution is 2.02. The van der Waals surface area contributed by atoms with Crippen molar-refractivity contribution in [2.24, 2.45) is 0 Å². The number of rotatable bonds is 4. The highest BCUT2D eigenvalue weighted by Gasteiger charge is 2.04. The largest absolute Gasteiger partial charge is 0.328 e. The van der Waals surface area contributed by atoms with Gasteiger partial charge >= 0.3 is 0 Å². The van der Waals surface area contributed by atoms with Crippen molar-refractivity contribution in [3.8, 4) is 0 Å². The molecule has 1 rings (SSSR count). The fourth-order valence-electron chi connectivity index (χ4n) is 1.12. The first kappa shape index (κ1) is 8.97. The lowest BCUT2D eigenvalue weighted by Crippen LogP contribution is -2.05. The van der Waals surface area contributed by atoms with Gasteiger partial charge in [-0.2, -0.15) is 0 Å². The lowest BCUT2D eigenvalue weighted by atomic mass is 10.3. The Morgan fingerprint density at radius 2 is 2.42 bits per heavy atom. The Morgan fingerprint density at radius 1 is 1.67 bits per heavy atom. The summed E-state index contributed by atoms with van der Waals surface area (Å²) in [6.45, 7) is 4.59. The number of hydrogen-bond donors (Lipinski definition) is 0. The van der Waals surface area contributed by atoms with E-state index in [0.717, 1.165) is 19.4 Å². The van der Waals surface area contributed by atoms with Gasteiger partial charge in [-0.15, -0.1) is 0 Å². The maximum Gasteiger partial charge on any atom is 0.177 e. The van der Waals surface area contributed by atoms with E-state index in [1.54, 1.807) is 19.4 Å². The van der Waals surface area contributed by atoms with Crippen LogP contribution in [0.4, 0.5) is 0 Å². The number of carbonyl (C=O) groups excluding carboxylic acids is 1. The average Bonchev–Trinajstić information content (AvgIpc) is 2.48. The minimum Gasteiger partial charge on any atom is -0.328 e. The predicted octanol–water partition coefficient (Wildman–Crippen LogP) is 1.89. The Morgan fingerprint density at radius 3 is 3.00 bits per heavy atom. The summed E-state index contributed by atoms with van der Waals surface area (Å²) in [7, 11) is 0. The molecule has 0 bridgehead atoms. The van der Waals surface area contributed by atoms with Crippen molar-refractivity contribution in [1.29, 1.82) is 0 Å². The zero-order valence-electron chi connectivity index (χ0n) is 7.58. The summed E-state index contributed by atoms with van der Waals surface area (Å²) in [6, 6.07) is 0. The van der Waals surface area contributed by atoms with Gasteiger partial charge in [0.05, 0.1) is 12.5 Å². The molecule has 0 atom stereocenters. The molecule has 0 saturated heterocycles. The molecule has 66 valence electrons. The third-order valence-electron chi connectivity index (χ3n) is 1.83. The number of Topliss-reactive ketones (excluding diaryl/α,β-unsaturated/α-hetero) is 1. The Balaban J connectivity index is 2.70. The fraction of sp³-hybridized carbons (Fsp3) is 0.556. The number of ketones is 1. The van der Waals surface area contributed by atoms with Gasteiger partial charge in [0.15, 0.2) is 5.78 Å². The third-order valence-corrected chi connectivity index (χ3v) is 1.83. The maximum absolute atomic E-state index is 11.0. The van der Waals surface area contributed by atoms with Crippen molar-refractivity contribution in [3.05, 3.63) is 18.2 Å². The van der Waals surface area contributed by atoms with Gasteiger partial charge in [0.1, 0.15) is 5.69 Å². The van der Waals surface area contributed by atoms with Crippen LogP contribution in [0, 0.1) is 0 Å². The molecule has 0 aliphatic rings. The van der Waals surface area contributed by atoms with Gasteiger partial charge < -0.3 is 4.57 Å². The van der Waals surface area contributed by atoms with Crippen molar-refractivity contribution >= 4 is 5.78 Å². The second-order valence-electron chi connectivity index (χ2n) is 2.88. The number of nitrogens with zero attached hydrogens (tertiary/aromatic N) is 2. The molecule has 0 N–H and O–H groups in total. The van der Waals surface area contributed by atoms with Crippen LogP contribution in [0.15, 0.2) is 12.5 Å². The normalized spacial score (nSPS) is 10.2. The number of hydrogen-bond acceptors (Lipinski definition) is 2. The summed E-state index contributed by atoms with van der Waals surface area (Å²) < 4.78 is 1.91. The molecule has 3 heteroatoms. The van der Waals surface area contributed by atoms with Gasteiger partial charge in [0.2, 0.25) is 0 Å². The molecule has 1 aromatic heterocycles. The van der Waals surface area contributed by atoms with Crippen LogP contribution in [0.1, 0.15) is 37.2 Å². The first-order chi connectivity index (χ1) is 5.75. The van der Waals surface area contributed by atoms with Gasteiger partial charge in [0, 0.05) is 13.5 Å². The van der Waals surface area contributed by atoms with Crippen LogP contribution in [-0.4, -0.2) is 15.3 Å². The smallest absolute Gasteiger partial charge is 0.177 e. The van der Waals surface area contributed by atoms with Gasteiger partial charge in [-0.1, -0.05) is 13.3 Å². The maximum atomic E-state index is 11.0. The fourth-order valence-corrected chi connectivity index (χ4v) is 1.12. The molecule has 0 fully saturated rings. The number of aryl methyl sites for hydroxylation is 1. The van der Waals surface area contributed by atoms with E-state index in [1.165, 1.54) is 0 Å². The molecule has 1 aromatic rings. The highest BCUT2D eigenvalue weighted by molar-refractivity contribution is 5.92. The lowest BCUT2D eigenvalue weighted by Gasteiger charge is -2.03. The quantitative estimate of drug-likeness (QED) is 0.640. The molecule has 0 amide bonds. The van der Waals surface area contributed by atoms with E-state index in [-0.39, 0.29) is 5.78 Å². The van der Waals surface area contributed by atoms with Crippen LogP contribution in [0.25, 0.3) is 0 Å². The van der Waals surface area contributed by atoms with Crippen LogP contribution >= 0.6 is 0 Å². The van der Waals surface area contributed by atoms with Crippen molar-refractivity contribution in [1.82, 2.24) is 9.55 Å². The summed E-state index contributed by atoms with van der Waals surface area (Å²) in [6.07, 6.45) is 5.57. The van der Waals surface area contributed by atoms with Crippen LogP contribution in [-0.2, 0) is 6.54 Å². The second kappa shape index (κ2) is 4.04. The molecule has 0 aliphatic heterocycles. The van der Waals surface area contributed by atoms with Crippen molar-refractivity contribution in [2.45, 2.75) is 33.2 Å². The Kier molecular flexibility index (Phi) is 3.02. The molecule has 0 aliphatic carbocycles. The van der Waals surface area contributed by atoms with Crippen LogP contribution in [0.2, 0.25) is 0 Å². The molecule has 0 spiro atoms. The van der Waals surface area contributed by atoms with E-state index < -0.39 is 0 Å². The van der Waals surface area contributed by atoms with Gasteiger partial charge in [-0.05, 0) is 6.42 Å². The molecule has 0 aromatic carbocycles.